The van der Waals surface area contributed by atoms with Crippen LogP contribution in [0.5, 0.6) is 0 Å². The third kappa shape index (κ3) is 6.35. The molecule has 0 unspecified atom stereocenters. The monoisotopic (exact) mass is 541 g/mol. The topological polar surface area (TPSA) is 0 Å². The zero-order valence-electron chi connectivity index (χ0n) is 20.3. The summed E-state index contributed by atoms with van der Waals surface area (Å²) in [7, 11) is 3.07. The van der Waals surface area contributed by atoms with E-state index < -0.39 is 7.26 Å². The molecule has 0 radical (unpaired) electrons. The van der Waals surface area contributed by atoms with Gasteiger partial charge in [0.25, 0.3) is 0 Å². The van der Waals surface area contributed by atoms with Crippen LogP contribution >= 0.6 is 16.8 Å². The van der Waals surface area contributed by atoms with Crippen molar-refractivity contribution >= 4 is 22.1 Å². The number of rotatable bonds is 3. The van der Waals surface area contributed by atoms with Crippen molar-refractivity contribution in [1.29, 1.82) is 0 Å². The molecule has 3 heteroatoms. The van der Waals surface area contributed by atoms with Gasteiger partial charge >= 0.3 is 27.7 Å². The van der Waals surface area contributed by atoms with E-state index in [0.29, 0.717) is 0 Å². The number of hydrogen-bond donors (Lipinski definition) is 0. The molecule has 2 fully saturated rings. The normalized spacial score (nSPS) is 19.9. The van der Waals surface area contributed by atoms with Crippen LogP contribution in [-0.4, -0.2) is 11.3 Å². The second-order valence-electron chi connectivity index (χ2n) is 11.8. The molecule has 0 saturated heterocycles. The first kappa shape index (κ1) is 26.9. The van der Waals surface area contributed by atoms with Crippen molar-refractivity contribution in [1.82, 2.24) is 0 Å². The molecule has 0 nitrogen and oxygen atoms in total. The first-order valence-corrected chi connectivity index (χ1v) is 16.2. The average Bonchev–Trinajstić information content (AvgIpc) is 2.74. The standard InChI is InChI=1S/C27H45P.ClH.Pd/c1-26(2,3)21-18-22(27(4,5)6)20-25(19-21)28(7,23-14-10-8-11-15-23)24-16-12-9-13-17-24;;/h18-20,23-24H,7-17H2,1-6H3;1H;/q;;+2/p-1. The summed E-state index contributed by atoms with van der Waals surface area (Å²) in [6.45, 7) is 19.5. The Balaban J connectivity index is 0.00000155. The van der Waals surface area contributed by atoms with Crippen molar-refractivity contribution in [3.8, 4) is 0 Å². The molecule has 174 valence electrons. The molecule has 1 aromatic carbocycles. The van der Waals surface area contributed by atoms with Crippen molar-refractivity contribution in [2.75, 3.05) is 0 Å². The molecule has 0 bridgehead atoms. The molecule has 2 saturated carbocycles. The van der Waals surface area contributed by atoms with Crippen molar-refractivity contribution in [2.24, 2.45) is 0 Å². The molecule has 0 atom stereocenters. The van der Waals surface area contributed by atoms with Gasteiger partial charge in [0.2, 0.25) is 0 Å². The molecular formula is C27H45ClPPd+. The van der Waals surface area contributed by atoms with Crippen LogP contribution < -0.4 is 5.30 Å². The first-order chi connectivity index (χ1) is 14.0. The van der Waals surface area contributed by atoms with Crippen LogP contribution in [0.4, 0.5) is 0 Å². The van der Waals surface area contributed by atoms with E-state index in [1.54, 1.807) is 5.30 Å². The predicted molar refractivity (Wildman–Crippen MR) is 135 cm³/mol. The minimum atomic E-state index is -1.42. The summed E-state index contributed by atoms with van der Waals surface area (Å²) in [6.07, 6.45) is 14.3. The summed E-state index contributed by atoms with van der Waals surface area (Å²) in [6, 6.07) is 7.72. The Morgan fingerprint density at radius 3 is 1.33 bits per heavy atom. The van der Waals surface area contributed by atoms with E-state index in [1.165, 1.54) is 75.3 Å². The predicted octanol–water partition coefficient (Wildman–Crippen LogP) is 9.07. The van der Waals surface area contributed by atoms with Gasteiger partial charge in [-0.3, -0.25) is 0 Å². The van der Waals surface area contributed by atoms with Crippen LogP contribution in [0.1, 0.15) is 117 Å². The fourth-order valence-electron chi connectivity index (χ4n) is 5.52. The quantitative estimate of drug-likeness (QED) is 0.203. The van der Waals surface area contributed by atoms with Gasteiger partial charge in [-0.2, -0.15) is 6.66 Å². The summed E-state index contributed by atoms with van der Waals surface area (Å²) in [5, 5.41) is 1.67. The molecule has 2 aliphatic rings. The summed E-state index contributed by atoms with van der Waals surface area (Å²) in [5.74, 6) is 0. The molecule has 0 N–H and O–H groups in total. The van der Waals surface area contributed by atoms with Crippen LogP contribution in [-0.2, 0) is 29.0 Å². The van der Waals surface area contributed by atoms with Gasteiger partial charge in [-0.15, -0.1) is 0 Å². The molecule has 2 aliphatic carbocycles. The zero-order valence-corrected chi connectivity index (χ0v) is 23.5. The van der Waals surface area contributed by atoms with E-state index in [0.717, 1.165) is 11.3 Å². The Hall–Kier alpha value is 0.602. The molecule has 0 amide bonds. The Labute approximate surface area is 203 Å². The van der Waals surface area contributed by atoms with E-state index in [2.05, 4.69) is 87.5 Å². The van der Waals surface area contributed by atoms with Gasteiger partial charge in [0.15, 0.2) is 0 Å². The summed E-state index contributed by atoms with van der Waals surface area (Å²) in [5.41, 5.74) is 5.17. The van der Waals surface area contributed by atoms with Gasteiger partial charge < -0.3 is 0 Å². The molecule has 30 heavy (non-hydrogen) atoms. The van der Waals surface area contributed by atoms with Crippen molar-refractivity contribution < 1.29 is 18.2 Å². The second-order valence-corrected chi connectivity index (χ2v) is 15.6. The number of hydrogen-bond acceptors (Lipinski definition) is 0. The van der Waals surface area contributed by atoms with Gasteiger partial charge in [0.05, 0.1) is 5.30 Å². The van der Waals surface area contributed by atoms with Crippen molar-refractivity contribution in [3.63, 3.8) is 0 Å². The summed E-state index contributed by atoms with van der Waals surface area (Å²) >= 11 is 2.22. The van der Waals surface area contributed by atoms with Crippen molar-refractivity contribution in [2.45, 2.75) is 128 Å². The van der Waals surface area contributed by atoms with Gasteiger partial charge in [0, 0.05) is 11.3 Å². The fourth-order valence-corrected chi connectivity index (χ4v) is 10.3. The average molecular weight is 543 g/mol. The van der Waals surface area contributed by atoms with Crippen LogP contribution in [0.3, 0.4) is 0 Å². The van der Waals surface area contributed by atoms with E-state index in [4.69, 9.17) is 6.66 Å². The van der Waals surface area contributed by atoms with E-state index >= 15 is 0 Å². The van der Waals surface area contributed by atoms with Gasteiger partial charge in [0.1, 0.15) is 0 Å². The van der Waals surface area contributed by atoms with Gasteiger partial charge in [-0.1, -0.05) is 67.7 Å². The van der Waals surface area contributed by atoms with Gasteiger partial charge in [-0.25, -0.2) is 0 Å². The molecule has 0 aromatic heterocycles. The molecule has 0 heterocycles. The molecular weight excluding hydrogens is 497 g/mol. The third-order valence-corrected chi connectivity index (χ3v) is 12.4. The zero-order chi connectivity index (χ0) is 22.6. The van der Waals surface area contributed by atoms with Crippen LogP contribution in [0.15, 0.2) is 18.2 Å². The second kappa shape index (κ2) is 11.2. The number of halogens is 1. The Bertz CT molecular complexity index is 608. The fraction of sp³-hybridized carbons (Fsp3) is 0.741. The van der Waals surface area contributed by atoms with Gasteiger partial charge in [-0.05, 0) is 85.5 Å². The molecule has 0 spiro atoms. The first-order valence-electron chi connectivity index (χ1n) is 12.0. The molecule has 0 aliphatic heterocycles. The van der Waals surface area contributed by atoms with E-state index in [-0.39, 0.29) is 10.8 Å². The number of benzene rings is 1. The van der Waals surface area contributed by atoms with E-state index in [9.17, 15) is 0 Å². The summed E-state index contributed by atoms with van der Waals surface area (Å²) < 4.78 is 0. The molecule has 3 rings (SSSR count). The van der Waals surface area contributed by atoms with Crippen LogP contribution in [0.2, 0.25) is 0 Å². The van der Waals surface area contributed by atoms with Crippen molar-refractivity contribution in [3.05, 3.63) is 36.0 Å². The van der Waals surface area contributed by atoms with Crippen LogP contribution in [0.25, 0.3) is 0 Å². The Morgan fingerprint density at radius 2 is 1.03 bits per heavy atom. The third-order valence-electron chi connectivity index (χ3n) is 7.58. The SMILES string of the molecule is [CH2-][P+](c1cc(C(C)(C)C)cc(C(C)(C)C)c1)(C1CCCCC1)C1CCCCC1.[Cl][Pd+]. The maximum atomic E-state index is 5.24. The maximum absolute atomic E-state index is 5.24. The van der Waals surface area contributed by atoms with Crippen LogP contribution in [0, 0.1) is 6.66 Å². The van der Waals surface area contributed by atoms with E-state index in [1.807, 2.05) is 0 Å². The Kier molecular flexibility index (Phi) is 9.98. The summed E-state index contributed by atoms with van der Waals surface area (Å²) in [4.78, 5) is 0. The minimum absolute atomic E-state index is 0.194. The molecule has 1 aromatic rings. The Morgan fingerprint density at radius 1 is 0.700 bits per heavy atom.